The van der Waals surface area contributed by atoms with E-state index in [0.717, 1.165) is 6.42 Å². The van der Waals surface area contributed by atoms with Crippen LogP contribution in [-0.2, 0) is 24.1 Å². The Bertz CT molecular complexity index is 495. The maximum Gasteiger partial charge on any atom is -1.00 e. The van der Waals surface area contributed by atoms with E-state index in [1.54, 1.807) is 20.8 Å². The summed E-state index contributed by atoms with van der Waals surface area (Å²) in [6.07, 6.45) is 3.50. The number of rotatable bonds is 3. The summed E-state index contributed by atoms with van der Waals surface area (Å²) in [7, 11) is 0. The Morgan fingerprint density at radius 3 is 2.32 bits per heavy atom. The van der Waals surface area contributed by atoms with Gasteiger partial charge in [-0.1, -0.05) is 0 Å². The van der Waals surface area contributed by atoms with Gasteiger partial charge in [0.2, 0.25) is 0 Å². The van der Waals surface area contributed by atoms with Crippen molar-refractivity contribution in [3.63, 3.8) is 0 Å². The molecule has 0 bridgehead atoms. The van der Waals surface area contributed by atoms with Crippen molar-refractivity contribution in [3.05, 3.63) is 52.6 Å². The SMILES string of the molecule is CC1=CCC(c2ccccc2C(C)[O][Ti+2])=C1C.[Cl-].[Cl-]. The largest absolute Gasteiger partial charge is 1.00 e. The van der Waals surface area contributed by atoms with Gasteiger partial charge in [-0.25, -0.2) is 0 Å². The Morgan fingerprint density at radius 2 is 1.79 bits per heavy atom. The predicted molar refractivity (Wildman–Crippen MR) is 66.9 cm³/mol. The number of halogens is 2. The molecule has 0 saturated heterocycles. The van der Waals surface area contributed by atoms with Gasteiger partial charge in [0, 0.05) is 0 Å². The topological polar surface area (TPSA) is 9.23 Å². The Labute approximate surface area is 140 Å². The Hall–Kier alpha value is -0.0457. The minimum atomic E-state index is 0. The van der Waals surface area contributed by atoms with Crippen LogP contribution in [-0.4, -0.2) is 0 Å². The Kier molecular flexibility index (Phi) is 8.27. The van der Waals surface area contributed by atoms with Crippen molar-refractivity contribution in [1.82, 2.24) is 0 Å². The summed E-state index contributed by atoms with van der Waals surface area (Å²) in [5.41, 5.74) is 6.89. The van der Waals surface area contributed by atoms with Crippen LogP contribution in [0.3, 0.4) is 0 Å². The van der Waals surface area contributed by atoms with Gasteiger partial charge in [-0.15, -0.1) is 0 Å². The third kappa shape index (κ3) is 3.96. The predicted octanol–water partition coefficient (Wildman–Crippen LogP) is -1.64. The van der Waals surface area contributed by atoms with Gasteiger partial charge in [0.25, 0.3) is 0 Å². The van der Waals surface area contributed by atoms with E-state index < -0.39 is 0 Å². The van der Waals surface area contributed by atoms with Crippen LogP contribution in [0.25, 0.3) is 5.57 Å². The maximum absolute atomic E-state index is 5.46. The summed E-state index contributed by atoms with van der Waals surface area (Å²) in [6.45, 7) is 6.50. The Morgan fingerprint density at radius 1 is 1.16 bits per heavy atom. The van der Waals surface area contributed by atoms with E-state index in [-0.39, 0.29) is 30.9 Å². The molecule has 0 aliphatic heterocycles. The van der Waals surface area contributed by atoms with Crippen LogP contribution in [0, 0.1) is 0 Å². The molecule has 1 nitrogen and oxygen atoms in total. The molecule has 4 heteroatoms. The minimum Gasteiger partial charge on any atom is -1.00 e. The third-order valence-corrected chi connectivity index (χ3v) is 4.11. The first kappa shape index (κ1) is 19.0. The molecule has 1 aromatic rings. The van der Waals surface area contributed by atoms with Crippen LogP contribution in [0.15, 0.2) is 41.5 Å². The fourth-order valence-corrected chi connectivity index (χ4v) is 2.50. The summed E-state index contributed by atoms with van der Waals surface area (Å²) in [4.78, 5) is 0. The van der Waals surface area contributed by atoms with Gasteiger partial charge in [-0.2, -0.15) is 0 Å². The molecule has 0 radical (unpaired) electrons. The van der Waals surface area contributed by atoms with E-state index in [9.17, 15) is 0 Å². The molecule has 0 saturated carbocycles. The van der Waals surface area contributed by atoms with Crippen LogP contribution in [0.2, 0.25) is 0 Å². The molecular weight excluding hydrogens is 315 g/mol. The van der Waals surface area contributed by atoms with Gasteiger partial charge >= 0.3 is 116 Å². The number of hydrogen-bond acceptors (Lipinski definition) is 1. The normalized spacial score (nSPS) is 15.5. The van der Waals surface area contributed by atoms with Gasteiger partial charge < -0.3 is 24.8 Å². The zero-order valence-electron chi connectivity index (χ0n) is 11.3. The van der Waals surface area contributed by atoms with E-state index in [0.29, 0.717) is 0 Å². The van der Waals surface area contributed by atoms with Crippen LogP contribution in [0.4, 0.5) is 0 Å². The standard InChI is InChI=1S/C15H17O.2ClH.Ti/c1-10-8-9-13(11(10)2)15-7-5-4-6-14(15)12(3)16;;;/h4-8,12H,9H2,1-3H3;2*1H;/q-1;;;+3/p-2. The summed E-state index contributed by atoms with van der Waals surface area (Å²) < 4.78 is 5.46. The van der Waals surface area contributed by atoms with Crippen molar-refractivity contribution in [2.45, 2.75) is 33.3 Å². The van der Waals surface area contributed by atoms with Crippen molar-refractivity contribution in [2.75, 3.05) is 0 Å². The molecule has 1 aliphatic rings. The van der Waals surface area contributed by atoms with Crippen molar-refractivity contribution >= 4 is 5.57 Å². The first-order valence-electron chi connectivity index (χ1n) is 5.93. The zero-order valence-corrected chi connectivity index (χ0v) is 14.4. The molecule has 2 rings (SSSR count). The van der Waals surface area contributed by atoms with Crippen molar-refractivity contribution in [1.29, 1.82) is 0 Å². The molecule has 0 amide bonds. The molecule has 1 unspecified atom stereocenters. The van der Waals surface area contributed by atoms with Gasteiger partial charge in [0.05, 0.1) is 0 Å². The summed E-state index contributed by atoms with van der Waals surface area (Å²) in [5, 5.41) is 0. The summed E-state index contributed by atoms with van der Waals surface area (Å²) in [5.74, 6) is 0. The molecule has 0 spiro atoms. The van der Waals surface area contributed by atoms with E-state index in [4.69, 9.17) is 3.32 Å². The monoisotopic (exact) mass is 331 g/mol. The summed E-state index contributed by atoms with van der Waals surface area (Å²) in [6, 6.07) is 8.56. The fraction of sp³-hybridized carbons (Fsp3) is 0.333. The average Bonchev–Trinajstić information content (AvgIpc) is 2.69. The van der Waals surface area contributed by atoms with E-state index in [2.05, 4.69) is 51.1 Å². The number of benzene rings is 1. The number of allylic oxidation sites excluding steroid dienone is 4. The Balaban J connectivity index is 0.00000162. The van der Waals surface area contributed by atoms with Crippen LogP contribution in [0.5, 0.6) is 0 Å². The minimum absolute atomic E-state index is 0. The zero-order chi connectivity index (χ0) is 12.4. The second-order valence-corrected chi connectivity index (χ2v) is 4.91. The molecule has 101 valence electrons. The summed E-state index contributed by atoms with van der Waals surface area (Å²) >= 11 is 1.76. The van der Waals surface area contributed by atoms with Crippen molar-refractivity contribution in [2.24, 2.45) is 0 Å². The molecule has 0 fully saturated rings. The smallest absolute Gasteiger partial charge is 1.00 e. The molecule has 0 aromatic heterocycles. The quantitative estimate of drug-likeness (QED) is 0.604. The van der Waals surface area contributed by atoms with Crippen LogP contribution >= 0.6 is 0 Å². The molecule has 0 heterocycles. The second kappa shape index (κ2) is 8.29. The van der Waals surface area contributed by atoms with Gasteiger partial charge in [-0.3, -0.25) is 0 Å². The fourth-order valence-electron chi connectivity index (χ4n) is 2.30. The molecule has 19 heavy (non-hydrogen) atoms. The average molecular weight is 332 g/mol. The molecular formula is C15H17Cl2OTi. The van der Waals surface area contributed by atoms with E-state index in [1.807, 2.05) is 0 Å². The first-order valence-corrected chi connectivity index (χ1v) is 6.57. The van der Waals surface area contributed by atoms with Crippen LogP contribution < -0.4 is 24.8 Å². The molecule has 1 aliphatic carbocycles. The third-order valence-electron chi connectivity index (χ3n) is 3.56. The van der Waals surface area contributed by atoms with Crippen molar-refractivity contribution in [3.8, 4) is 0 Å². The van der Waals surface area contributed by atoms with E-state index >= 15 is 0 Å². The number of hydrogen-bond donors (Lipinski definition) is 0. The molecule has 1 atom stereocenters. The molecule has 1 aromatic carbocycles. The van der Waals surface area contributed by atoms with Crippen molar-refractivity contribution < 1.29 is 49.0 Å². The first-order chi connectivity index (χ1) is 8.15. The van der Waals surface area contributed by atoms with Gasteiger partial charge in [-0.05, 0) is 0 Å². The van der Waals surface area contributed by atoms with E-state index in [1.165, 1.54) is 27.8 Å². The van der Waals surface area contributed by atoms with Crippen LogP contribution in [0.1, 0.15) is 44.4 Å². The van der Waals surface area contributed by atoms with Gasteiger partial charge in [0.1, 0.15) is 0 Å². The van der Waals surface area contributed by atoms with Gasteiger partial charge in [0.15, 0.2) is 0 Å². The second-order valence-electron chi connectivity index (χ2n) is 4.54. The maximum atomic E-state index is 5.46. The molecule has 0 N–H and O–H groups in total.